The summed E-state index contributed by atoms with van der Waals surface area (Å²) in [6, 6.07) is 1.82. The molecular weight excluding hydrogens is 300 g/mol. The number of likely N-dealkylation sites (tertiary alicyclic amines) is 1. The number of nitrogens with one attached hydrogen (secondary N) is 1. The van der Waals surface area contributed by atoms with Crippen LogP contribution in [0.4, 0.5) is 5.13 Å². The molecule has 0 amide bonds. The highest BCUT2D eigenvalue weighted by molar-refractivity contribution is 7.13. The van der Waals surface area contributed by atoms with Gasteiger partial charge in [0.15, 0.2) is 10.7 Å². The lowest BCUT2D eigenvalue weighted by Gasteiger charge is -2.25. The first-order valence-electron chi connectivity index (χ1n) is 7.43. The predicted molar refractivity (Wildman–Crippen MR) is 85.2 cm³/mol. The van der Waals surface area contributed by atoms with Gasteiger partial charge in [-0.05, 0) is 32.9 Å². The van der Waals surface area contributed by atoms with Crippen molar-refractivity contribution in [2.24, 2.45) is 0 Å². The second-order valence-electron chi connectivity index (χ2n) is 5.02. The molecule has 7 heteroatoms. The fraction of sp³-hybridized carbons (Fsp3) is 0.533. The molecule has 118 valence electrons. The molecule has 2 heterocycles. The van der Waals surface area contributed by atoms with Gasteiger partial charge in [0.25, 0.3) is 0 Å². The molecule has 22 heavy (non-hydrogen) atoms. The standard InChI is InChI=1S/C15H20N4O2S/c1-2-21-14(20)12(8-16)9-17-15-18-13(11-22-15)10-19-6-4-3-5-7-19/h9,11H,2-7,10H2,1H3,(H,17,18)/b12-9-. The maximum atomic E-state index is 11.5. The van der Waals surface area contributed by atoms with Crippen LogP contribution in [0.1, 0.15) is 31.9 Å². The van der Waals surface area contributed by atoms with E-state index >= 15 is 0 Å². The van der Waals surface area contributed by atoms with E-state index in [-0.39, 0.29) is 12.2 Å². The number of anilines is 1. The minimum Gasteiger partial charge on any atom is -0.462 e. The lowest BCUT2D eigenvalue weighted by molar-refractivity contribution is -0.138. The lowest BCUT2D eigenvalue weighted by atomic mass is 10.1. The van der Waals surface area contributed by atoms with E-state index in [1.54, 1.807) is 6.92 Å². The highest BCUT2D eigenvalue weighted by Gasteiger charge is 2.13. The molecule has 1 aliphatic heterocycles. The summed E-state index contributed by atoms with van der Waals surface area (Å²) in [5, 5.41) is 14.5. The Kier molecular flexibility index (Phi) is 6.37. The summed E-state index contributed by atoms with van der Waals surface area (Å²) in [7, 11) is 0. The summed E-state index contributed by atoms with van der Waals surface area (Å²) in [6.07, 6.45) is 5.17. The molecule has 1 fully saturated rings. The Balaban J connectivity index is 1.90. The second kappa shape index (κ2) is 8.51. The van der Waals surface area contributed by atoms with Gasteiger partial charge in [0.1, 0.15) is 6.07 Å². The number of nitriles is 1. The summed E-state index contributed by atoms with van der Waals surface area (Å²) in [5.74, 6) is -0.623. The van der Waals surface area contributed by atoms with E-state index in [1.165, 1.54) is 36.8 Å². The van der Waals surface area contributed by atoms with Crippen LogP contribution < -0.4 is 5.32 Å². The Hall–Kier alpha value is -1.91. The second-order valence-corrected chi connectivity index (χ2v) is 5.87. The molecule has 0 spiro atoms. The normalized spacial score (nSPS) is 16.1. The van der Waals surface area contributed by atoms with E-state index < -0.39 is 5.97 Å². The highest BCUT2D eigenvalue weighted by atomic mass is 32.1. The fourth-order valence-corrected chi connectivity index (χ4v) is 2.94. The quantitative estimate of drug-likeness (QED) is 0.493. The first-order chi connectivity index (χ1) is 10.7. The minimum absolute atomic E-state index is 0.0605. The number of rotatable bonds is 6. The van der Waals surface area contributed by atoms with E-state index in [9.17, 15) is 4.79 Å². The smallest absolute Gasteiger partial charge is 0.350 e. The van der Waals surface area contributed by atoms with Gasteiger partial charge in [-0.1, -0.05) is 6.42 Å². The number of carbonyl (C=O) groups is 1. The molecule has 1 N–H and O–H groups in total. The minimum atomic E-state index is -0.623. The van der Waals surface area contributed by atoms with E-state index in [0.717, 1.165) is 25.3 Å². The third kappa shape index (κ3) is 4.83. The van der Waals surface area contributed by atoms with Crippen LogP contribution in [0.2, 0.25) is 0 Å². The Morgan fingerprint density at radius 2 is 2.32 bits per heavy atom. The number of carbonyl (C=O) groups excluding carboxylic acids is 1. The van der Waals surface area contributed by atoms with Gasteiger partial charge in [0.2, 0.25) is 0 Å². The van der Waals surface area contributed by atoms with Crippen molar-refractivity contribution < 1.29 is 9.53 Å². The molecule has 0 radical (unpaired) electrons. The molecule has 0 aromatic carbocycles. The van der Waals surface area contributed by atoms with Crippen molar-refractivity contribution in [2.45, 2.75) is 32.7 Å². The molecule has 0 saturated carbocycles. The number of piperidine rings is 1. The largest absolute Gasteiger partial charge is 0.462 e. The van der Waals surface area contributed by atoms with Gasteiger partial charge < -0.3 is 10.1 Å². The monoisotopic (exact) mass is 320 g/mol. The van der Waals surface area contributed by atoms with Crippen LogP contribution in [-0.2, 0) is 16.1 Å². The molecule has 2 rings (SSSR count). The number of thiazole rings is 1. The molecule has 1 aromatic heterocycles. The van der Waals surface area contributed by atoms with Crippen molar-refractivity contribution in [1.29, 1.82) is 5.26 Å². The summed E-state index contributed by atoms with van der Waals surface area (Å²) >= 11 is 1.46. The number of hydrogen-bond donors (Lipinski definition) is 1. The molecule has 1 aromatic rings. The Bertz CT molecular complexity index is 570. The Morgan fingerprint density at radius 1 is 1.55 bits per heavy atom. The molecule has 0 bridgehead atoms. The van der Waals surface area contributed by atoms with E-state index in [2.05, 4.69) is 15.2 Å². The highest BCUT2D eigenvalue weighted by Crippen LogP contribution is 2.19. The van der Waals surface area contributed by atoms with Crippen molar-refractivity contribution in [3.63, 3.8) is 0 Å². The van der Waals surface area contributed by atoms with Crippen LogP contribution in [0.3, 0.4) is 0 Å². The topological polar surface area (TPSA) is 78.2 Å². The van der Waals surface area contributed by atoms with Crippen LogP contribution in [0, 0.1) is 11.3 Å². The first kappa shape index (κ1) is 16.5. The van der Waals surface area contributed by atoms with Gasteiger partial charge in [0.05, 0.1) is 12.3 Å². The van der Waals surface area contributed by atoms with Crippen LogP contribution in [0.5, 0.6) is 0 Å². The number of esters is 1. The van der Waals surface area contributed by atoms with E-state index in [0.29, 0.717) is 5.13 Å². The lowest BCUT2D eigenvalue weighted by Crippen LogP contribution is -2.29. The predicted octanol–water partition coefficient (Wildman–Crippen LogP) is 2.51. The Morgan fingerprint density at radius 3 is 3.00 bits per heavy atom. The summed E-state index contributed by atoms with van der Waals surface area (Å²) < 4.78 is 4.80. The van der Waals surface area contributed by atoms with Crippen molar-refractivity contribution >= 4 is 22.4 Å². The van der Waals surface area contributed by atoms with Crippen molar-refractivity contribution in [3.05, 3.63) is 22.8 Å². The van der Waals surface area contributed by atoms with Gasteiger partial charge in [-0.15, -0.1) is 11.3 Å². The number of aromatic nitrogens is 1. The fourth-order valence-electron chi connectivity index (χ4n) is 2.27. The summed E-state index contributed by atoms with van der Waals surface area (Å²) in [4.78, 5) is 18.4. The SMILES string of the molecule is CCOC(=O)/C(C#N)=C\Nc1nc(CN2CCCCC2)cs1. The molecule has 1 saturated heterocycles. The van der Waals surface area contributed by atoms with Crippen LogP contribution in [0.25, 0.3) is 0 Å². The van der Waals surface area contributed by atoms with Crippen molar-refractivity contribution in [3.8, 4) is 6.07 Å². The van der Waals surface area contributed by atoms with Crippen molar-refractivity contribution in [2.75, 3.05) is 25.0 Å². The molecule has 1 aliphatic rings. The maximum absolute atomic E-state index is 11.5. The van der Waals surface area contributed by atoms with Crippen LogP contribution in [0.15, 0.2) is 17.2 Å². The van der Waals surface area contributed by atoms with Gasteiger partial charge in [0, 0.05) is 18.1 Å². The first-order valence-corrected chi connectivity index (χ1v) is 8.31. The van der Waals surface area contributed by atoms with Crippen LogP contribution in [-0.4, -0.2) is 35.5 Å². The molecule has 0 atom stereocenters. The molecule has 0 aliphatic carbocycles. The zero-order valence-electron chi connectivity index (χ0n) is 12.7. The average molecular weight is 320 g/mol. The van der Waals surface area contributed by atoms with Gasteiger partial charge in [-0.25, -0.2) is 9.78 Å². The third-order valence-electron chi connectivity index (χ3n) is 3.34. The summed E-state index contributed by atoms with van der Waals surface area (Å²) in [5.41, 5.74) is 0.951. The third-order valence-corrected chi connectivity index (χ3v) is 4.16. The summed E-state index contributed by atoms with van der Waals surface area (Å²) in [6.45, 7) is 5.05. The van der Waals surface area contributed by atoms with Crippen molar-refractivity contribution in [1.82, 2.24) is 9.88 Å². The number of ether oxygens (including phenoxy) is 1. The van der Waals surface area contributed by atoms with Crippen LogP contribution >= 0.6 is 11.3 Å². The maximum Gasteiger partial charge on any atom is 0.350 e. The van der Waals surface area contributed by atoms with Gasteiger partial charge >= 0.3 is 5.97 Å². The van der Waals surface area contributed by atoms with E-state index in [1.807, 2.05) is 11.4 Å². The van der Waals surface area contributed by atoms with Gasteiger partial charge in [-0.2, -0.15) is 5.26 Å². The molecule has 0 unspecified atom stereocenters. The zero-order valence-corrected chi connectivity index (χ0v) is 13.5. The van der Waals surface area contributed by atoms with E-state index in [4.69, 9.17) is 10.00 Å². The number of hydrogen-bond acceptors (Lipinski definition) is 7. The number of nitrogens with zero attached hydrogens (tertiary/aromatic N) is 3. The van der Waals surface area contributed by atoms with Gasteiger partial charge in [-0.3, -0.25) is 4.90 Å². The Labute approximate surface area is 134 Å². The average Bonchev–Trinajstić information content (AvgIpc) is 2.97. The molecule has 6 nitrogen and oxygen atoms in total. The molecular formula is C15H20N4O2S. The zero-order chi connectivity index (χ0) is 15.8.